The highest BCUT2D eigenvalue weighted by Gasteiger charge is 2.24. The third-order valence-electron chi connectivity index (χ3n) is 5.71. The molecule has 2 aromatic heterocycles. The van der Waals surface area contributed by atoms with E-state index in [4.69, 9.17) is 4.98 Å². The lowest BCUT2D eigenvalue weighted by molar-refractivity contribution is 0.133. The molecular weight excluding hydrogens is 386 g/mol. The molecule has 1 N–H and O–H groups in total. The van der Waals surface area contributed by atoms with Crippen LogP contribution in [0.15, 0.2) is 9.59 Å². The van der Waals surface area contributed by atoms with Gasteiger partial charge in [0.15, 0.2) is 11.2 Å². The molecule has 3 heterocycles. The van der Waals surface area contributed by atoms with Gasteiger partial charge in [-0.3, -0.25) is 18.8 Å². The van der Waals surface area contributed by atoms with Crippen LogP contribution in [0.5, 0.6) is 0 Å². The highest BCUT2D eigenvalue weighted by molar-refractivity contribution is 5.74. The molecule has 0 unspecified atom stereocenters. The van der Waals surface area contributed by atoms with E-state index in [1.807, 2.05) is 16.4 Å². The molecule has 2 aromatic rings. The molecule has 0 bridgehead atoms. The van der Waals surface area contributed by atoms with E-state index in [1.54, 1.807) is 7.05 Å². The summed E-state index contributed by atoms with van der Waals surface area (Å²) in [5, 5.41) is 2.84. The van der Waals surface area contributed by atoms with E-state index in [1.165, 1.54) is 11.6 Å². The predicted molar refractivity (Wildman–Crippen MR) is 116 cm³/mol. The van der Waals surface area contributed by atoms with Gasteiger partial charge < -0.3 is 14.8 Å². The van der Waals surface area contributed by atoms with Crippen LogP contribution < -0.4 is 16.6 Å². The molecule has 0 spiro atoms. The molecule has 2 amide bonds. The van der Waals surface area contributed by atoms with Crippen LogP contribution in [-0.4, -0.2) is 67.2 Å². The van der Waals surface area contributed by atoms with Crippen molar-refractivity contribution in [2.45, 2.75) is 40.3 Å². The Bertz CT molecular complexity index is 1030. The molecule has 1 saturated heterocycles. The topological polar surface area (TPSA) is 97.4 Å². The zero-order chi connectivity index (χ0) is 22.0. The van der Waals surface area contributed by atoms with Crippen molar-refractivity contribution in [1.29, 1.82) is 0 Å². The number of rotatable bonds is 6. The number of aryl methyl sites for hydroxylation is 2. The number of piperazine rings is 1. The Hall–Kier alpha value is -2.62. The van der Waals surface area contributed by atoms with E-state index in [9.17, 15) is 14.4 Å². The maximum atomic E-state index is 12.9. The highest BCUT2D eigenvalue weighted by atomic mass is 16.2. The molecule has 0 saturated carbocycles. The number of imidazole rings is 1. The second-order valence-electron chi connectivity index (χ2n) is 8.34. The summed E-state index contributed by atoms with van der Waals surface area (Å²) in [5.74, 6) is 1.27. The molecule has 166 valence electrons. The average Bonchev–Trinajstić information content (AvgIpc) is 3.08. The molecule has 0 atom stereocenters. The first-order valence-corrected chi connectivity index (χ1v) is 10.6. The second kappa shape index (κ2) is 9.03. The summed E-state index contributed by atoms with van der Waals surface area (Å²) in [5.41, 5.74) is 0.235. The third-order valence-corrected chi connectivity index (χ3v) is 5.71. The van der Waals surface area contributed by atoms with Crippen LogP contribution in [-0.2, 0) is 27.2 Å². The Morgan fingerprint density at radius 3 is 2.37 bits per heavy atom. The summed E-state index contributed by atoms with van der Waals surface area (Å²) in [6, 6.07) is -0.0279. The Balaban J connectivity index is 1.90. The van der Waals surface area contributed by atoms with E-state index in [0.29, 0.717) is 49.8 Å². The lowest BCUT2D eigenvalue weighted by Gasteiger charge is -2.34. The number of amides is 2. The van der Waals surface area contributed by atoms with Gasteiger partial charge in [0.1, 0.15) is 5.82 Å². The molecule has 30 heavy (non-hydrogen) atoms. The minimum Gasteiger partial charge on any atom is -0.338 e. The van der Waals surface area contributed by atoms with Gasteiger partial charge in [0.25, 0.3) is 5.56 Å². The highest BCUT2D eigenvalue weighted by Crippen LogP contribution is 2.16. The minimum atomic E-state index is -0.372. The van der Waals surface area contributed by atoms with Crippen molar-refractivity contribution in [2.75, 3.05) is 32.7 Å². The van der Waals surface area contributed by atoms with Crippen LogP contribution >= 0.6 is 0 Å². The standard InChI is InChI=1S/C20H33N7O3/c1-6-21-19(29)26-11-9-25(10-12-26)13-15-22-17-16(27(15)8-7-14(2)3)18(28)24(5)20(30)23(17)4/h14H,6-13H2,1-5H3,(H,21,29). The van der Waals surface area contributed by atoms with Crippen molar-refractivity contribution in [2.24, 2.45) is 20.0 Å². The van der Waals surface area contributed by atoms with Crippen molar-refractivity contribution in [3.63, 3.8) is 0 Å². The molecule has 1 aliphatic heterocycles. The normalized spacial score (nSPS) is 15.3. The number of hydrogen-bond acceptors (Lipinski definition) is 5. The lowest BCUT2D eigenvalue weighted by Crippen LogP contribution is -2.51. The van der Waals surface area contributed by atoms with Gasteiger partial charge in [-0.15, -0.1) is 0 Å². The van der Waals surface area contributed by atoms with E-state index in [-0.39, 0.29) is 17.3 Å². The zero-order valence-electron chi connectivity index (χ0n) is 18.6. The van der Waals surface area contributed by atoms with Crippen LogP contribution in [0.1, 0.15) is 33.0 Å². The smallest absolute Gasteiger partial charge is 0.332 e. The molecular formula is C20H33N7O3. The molecule has 0 aromatic carbocycles. The van der Waals surface area contributed by atoms with Crippen molar-refractivity contribution in [3.8, 4) is 0 Å². The van der Waals surface area contributed by atoms with Gasteiger partial charge >= 0.3 is 11.7 Å². The maximum Gasteiger partial charge on any atom is 0.332 e. The van der Waals surface area contributed by atoms with Gasteiger partial charge in [-0.05, 0) is 19.3 Å². The lowest BCUT2D eigenvalue weighted by atomic mass is 10.1. The number of nitrogens with one attached hydrogen (secondary N) is 1. The summed E-state index contributed by atoms with van der Waals surface area (Å²) < 4.78 is 4.57. The molecule has 1 aliphatic rings. The summed E-state index contributed by atoms with van der Waals surface area (Å²) in [6.07, 6.45) is 0.912. The third kappa shape index (κ3) is 4.28. The van der Waals surface area contributed by atoms with Crippen molar-refractivity contribution >= 4 is 17.2 Å². The van der Waals surface area contributed by atoms with E-state index in [0.717, 1.165) is 29.9 Å². The zero-order valence-corrected chi connectivity index (χ0v) is 18.6. The number of hydrogen-bond donors (Lipinski definition) is 1. The number of fused-ring (bicyclic) bond motifs is 1. The van der Waals surface area contributed by atoms with E-state index in [2.05, 4.69) is 24.1 Å². The molecule has 1 fully saturated rings. The largest absolute Gasteiger partial charge is 0.338 e. The first-order valence-electron chi connectivity index (χ1n) is 10.6. The Kier molecular flexibility index (Phi) is 6.64. The van der Waals surface area contributed by atoms with Crippen molar-refractivity contribution in [3.05, 3.63) is 26.7 Å². The van der Waals surface area contributed by atoms with E-state index >= 15 is 0 Å². The number of nitrogens with zero attached hydrogens (tertiary/aromatic N) is 6. The fourth-order valence-corrected chi connectivity index (χ4v) is 3.81. The number of aromatic nitrogens is 4. The van der Waals surface area contributed by atoms with Gasteiger partial charge in [0.05, 0.1) is 6.54 Å². The van der Waals surface area contributed by atoms with Gasteiger partial charge in [-0.25, -0.2) is 14.6 Å². The van der Waals surface area contributed by atoms with Crippen LogP contribution in [0.25, 0.3) is 11.2 Å². The number of carbonyl (C=O) groups is 1. The van der Waals surface area contributed by atoms with Crippen molar-refractivity contribution in [1.82, 2.24) is 33.8 Å². The average molecular weight is 420 g/mol. The Labute approximate surface area is 176 Å². The van der Waals surface area contributed by atoms with Gasteiger partial charge in [-0.1, -0.05) is 13.8 Å². The van der Waals surface area contributed by atoms with Crippen molar-refractivity contribution < 1.29 is 4.79 Å². The first-order chi connectivity index (χ1) is 14.2. The Morgan fingerprint density at radius 1 is 1.10 bits per heavy atom. The summed E-state index contributed by atoms with van der Waals surface area (Å²) in [6.45, 7) is 10.9. The number of carbonyl (C=O) groups excluding carboxylic acids is 1. The van der Waals surface area contributed by atoms with Crippen LogP contribution in [0, 0.1) is 5.92 Å². The molecule has 10 nitrogen and oxygen atoms in total. The predicted octanol–water partition coefficient (Wildman–Crippen LogP) is 0.327. The van der Waals surface area contributed by atoms with Gasteiger partial charge in [-0.2, -0.15) is 0 Å². The van der Waals surface area contributed by atoms with Crippen LogP contribution in [0.3, 0.4) is 0 Å². The molecule has 3 rings (SSSR count). The summed E-state index contributed by atoms with van der Waals surface area (Å²) in [4.78, 5) is 46.0. The molecule has 0 radical (unpaired) electrons. The van der Waals surface area contributed by atoms with Crippen LogP contribution in [0.4, 0.5) is 4.79 Å². The van der Waals surface area contributed by atoms with Crippen LogP contribution in [0.2, 0.25) is 0 Å². The summed E-state index contributed by atoms with van der Waals surface area (Å²) >= 11 is 0. The molecule has 0 aliphatic carbocycles. The summed E-state index contributed by atoms with van der Waals surface area (Å²) in [7, 11) is 3.16. The minimum absolute atomic E-state index is 0.0279. The van der Waals surface area contributed by atoms with Gasteiger partial charge in [0.2, 0.25) is 0 Å². The first kappa shape index (κ1) is 22.1. The fourth-order valence-electron chi connectivity index (χ4n) is 3.81. The SMILES string of the molecule is CCNC(=O)N1CCN(Cc2nc3c(c(=O)n(C)c(=O)n3C)n2CCC(C)C)CC1. The maximum absolute atomic E-state index is 12.9. The Morgan fingerprint density at radius 2 is 1.77 bits per heavy atom. The number of urea groups is 1. The fraction of sp³-hybridized carbons (Fsp3) is 0.700. The van der Waals surface area contributed by atoms with Gasteiger partial charge in [0, 0.05) is 53.4 Å². The quantitative estimate of drug-likeness (QED) is 0.728. The second-order valence-corrected chi connectivity index (χ2v) is 8.34. The molecule has 10 heteroatoms. The monoisotopic (exact) mass is 419 g/mol. The van der Waals surface area contributed by atoms with E-state index < -0.39 is 0 Å².